The van der Waals surface area contributed by atoms with Crippen molar-refractivity contribution in [2.45, 2.75) is 20.0 Å². The Balaban J connectivity index is 1.72. The first kappa shape index (κ1) is 12.9. The van der Waals surface area contributed by atoms with E-state index in [-0.39, 0.29) is 0 Å². The Morgan fingerprint density at radius 3 is 2.80 bits per heavy atom. The van der Waals surface area contributed by atoms with Crippen LogP contribution in [0.3, 0.4) is 0 Å². The number of aromatic nitrogens is 4. The van der Waals surface area contributed by atoms with Crippen LogP contribution in [0.5, 0.6) is 0 Å². The van der Waals surface area contributed by atoms with E-state index in [4.69, 9.17) is 0 Å². The number of pyridine rings is 1. The molecule has 0 aromatic carbocycles. The third kappa shape index (κ3) is 2.44. The Labute approximate surface area is 118 Å². The molecular weight excluding hydrogens is 250 g/mol. The summed E-state index contributed by atoms with van der Waals surface area (Å²) >= 11 is 0. The van der Waals surface area contributed by atoms with Gasteiger partial charge in [-0.05, 0) is 26.1 Å². The molecule has 0 fully saturated rings. The second-order valence-electron chi connectivity index (χ2n) is 5.25. The third-order valence-corrected chi connectivity index (χ3v) is 3.62. The summed E-state index contributed by atoms with van der Waals surface area (Å²) in [6.07, 6.45) is 6.05. The number of aryl methyl sites for hydroxylation is 1. The van der Waals surface area contributed by atoms with Crippen molar-refractivity contribution in [3.8, 4) is 0 Å². The van der Waals surface area contributed by atoms with Gasteiger partial charge in [0.05, 0.1) is 11.9 Å². The maximum absolute atomic E-state index is 4.62. The van der Waals surface area contributed by atoms with Crippen molar-refractivity contribution >= 4 is 5.65 Å². The molecular formula is C15H19N5. The fourth-order valence-electron chi connectivity index (χ4n) is 2.39. The molecule has 5 nitrogen and oxygen atoms in total. The first-order valence-corrected chi connectivity index (χ1v) is 6.72. The average molecular weight is 269 g/mol. The van der Waals surface area contributed by atoms with Gasteiger partial charge in [0.15, 0.2) is 0 Å². The molecule has 0 aliphatic carbocycles. The van der Waals surface area contributed by atoms with Crippen LogP contribution in [0.1, 0.15) is 17.0 Å². The molecule has 0 saturated heterocycles. The van der Waals surface area contributed by atoms with Crippen LogP contribution >= 0.6 is 0 Å². The average Bonchev–Trinajstić information content (AvgIpc) is 2.96. The molecule has 0 unspecified atom stereocenters. The minimum atomic E-state index is 0.829. The Kier molecular flexibility index (Phi) is 3.28. The van der Waals surface area contributed by atoms with Crippen LogP contribution in [-0.2, 0) is 20.1 Å². The van der Waals surface area contributed by atoms with Crippen molar-refractivity contribution in [3.63, 3.8) is 0 Å². The highest BCUT2D eigenvalue weighted by molar-refractivity contribution is 5.39. The summed E-state index contributed by atoms with van der Waals surface area (Å²) in [7, 11) is 4.08. The Morgan fingerprint density at radius 2 is 2.10 bits per heavy atom. The fourth-order valence-corrected chi connectivity index (χ4v) is 2.39. The largest absolute Gasteiger partial charge is 0.307 e. The zero-order valence-electron chi connectivity index (χ0n) is 12.1. The van der Waals surface area contributed by atoms with Gasteiger partial charge in [0, 0.05) is 43.8 Å². The maximum Gasteiger partial charge on any atom is 0.137 e. The lowest BCUT2D eigenvalue weighted by atomic mass is 10.2. The van der Waals surface area contributed by atoms with Crippen LogP contribution in [0.4, 0.5) is 0 Å². The first-order valence-electron chi connectivity index (χ1n) is 6.72. The van der Waals surface area contributed by atoms with Crippen LogP contribution in [-0.4, -0.2) is 31.1 Å². The summed E-state index contributed by atoms with van der Waals surface area (Å²) in [6, 6.07) is 6.05. The van der Waals surface area contributed by atoms with Gasteiger partial charge in [0.2, 0.25) is 0 Å². The van der Waals surface area contributed by atoms with E-state index < -0.39 is 0 Å². The summed E-state index contributed by atoms with van der Waals surface area (Å²) < 4.78 is 3.96. The Morgan fingerprint density at radius 1 is 1.25 bits per heavy atom. The van der Waals surface area contributed by atoms with E-state index in [0.29, 0.717) is 0 Å². The van der Waals surface area contributed by atoms with E-state index in [1.807, 2.05) is 42.3 Å². The van der Waals surface area contributed by atoms with Gasteiger partial charge in [-0.2, -0.15) is 5.10 Å². The lowest BCUT2D eigenvalue weighted by Gasteiger charge is -2.14. The second-order valence-corrected chi connectivity index (χ2v) is 5.25. The van der Waals surface area contributed by atoms with Crippen molar-refractivity contribution in [2.75, 3.05) is 7.05 Å². The van der Waals surface area contributed by atoms with Gasteiger partial charge in [-0.25, -0.2) is 4.98 Å². The molecule has 3 rings (SSSR count). The van der Waals surface area contributed by atoms with Crippen molar-refractivity contribution < 1.29 is 0 Å². The molecule has 3 aromatic rings. The lowest BCUT2D eigenvalue weighted by molar-refractivity contribution is 0.315. The predicted molar refractivity (Wildman–Crippen MR) is 78.3 cm³/mol. The van der Waals surface area contributed by atoms with Gasteiger partial charge in [0.25, 0.3) is 0 Å². The van der Waals surface area contributed by atoms with E-state index in [0.717, 1.165) is 24.4 Å². The predicted octanol–water partition coefficient (Wildman–Crippen LogP) is 2.01. The summed E-state index contributed by atoms with van der Waals surface area (Å²) in [5.74, 6) is 0. The van der Waals surface area contributed by atoms with Crippen molar-refractivity contribution in [2.24, 2.45) is 7.05 Å². The van der Waals surface area contributed by atoms with Crippen LogP contribution < -0.4 is 0 Å². The smallest absolute Gasteiger partial charge is 0.137 e. The van der Waals surface area contributed by atoms with Crippen LogP contribution in [0, 0.1) is 6.92 Å². The minimum absolute atomic E-state index is 0.829. The molecule has 0 amide bonds. The highest BCUT2D eigenvalue weighted by Gasteiger charge is 2.09. The molecule has 104 valence electrons. The number of rotatable bonds is 4. The van der Waals surface area contributed by atoms with E-state index in [1.165, 1.54) is 11.3 Å². The molecule has 0 radical (unpaired) electrons. The van der Waals surface area contributed by atoms with Crippen LogP contribution in [0.25, 0.3) is 5.65 Å². The summed E-state index contributed by atoms with van der Waals surface area (Å²) in [5.41, 5.74) is 4.55. The van der Waals surface area contributed by atoms with Crippen LogP contribution in [0.2, 0.25) is 0 Å². The number of imidazole rings is 1. The highest BCUT2D eigenvalue weighted by Crippen LogP contribution is 2.11. The topological polar surface area (TPSA) is 38.4 Å². The zero-order chi connectivity index (χ0) is 14.1. The number of fused-ring (bicyclic) bond motifs is 1. The van der Waals surface area contributed by atoms with Crippen LogP contribution in [0.15, 0.2) is 36.8 Å². The molecule has 0 bridgehead atoms. The molecule has 0 spiro atoms. The van der Waals surface area contributed by atoms with Crippen molar-refractivity contribution in [1.29, 1.82) is 0 Å². The summed E-state index contributed by atoms with van der Waals surface area (Å²) in [4.78, 5) is 6.88. The monoisotopic (exact) mass is 269 g/mol. The Bertz CT molecular complexity index is 692. The molecule has 0 aliphatic rings. The lowest BCUT2D eigenvalue weighted by Crippen LogP contribution is -2.17. The Hall–Kier alpha value is -2.14. The molecule has 3 aromatic heterocycles. The van der Waals surface area contributed by atoms with E-state index in [9.17, 15) is 0 Å². The number of hydrogen-bond donors (Lipinski definition) is 0. The summed E-state index contributed by atoms with van der Waals surface area (Å²) in [5, 5.41) is 4.28. The SMILES string of the molecule is Cc1c(CN(C)Cc2cn3ccccc3n2)cnn1C. The van der Waals surface area contributed by atoms with Gasteiger partial charge >= 0.3 is 0 Å². The first-order chi connectivity index (χ1) is 9.63. The van der Waals surface area contributed by atoms with Crippen molar-refractivity contribution in [3.05, 3.63) is 53.7 Å². The molecule has 5 heteroatoms. The van der Waals surface area contributed by atoms with E-state index in [2.05, 4.69) is 39.6 Å². The standard InChI is InChI=1S/C15H19N5/c1-12-13(8-16-19(12)3)9-18(2)10-14-11-20-7-5-4-6-15(20)17-14/h4-8,11H,9-10H2,1-3H3. The molecule has 3 heterocycles. The highest BCUT2D eigenvalue weighted by atomic mass is 15.3. The number of hydrogen-bond acceptors (Lipinski definition) is 3. The third-order valence-electron chi connectivity index (χ3n) is 3.62. The molecule has 20 heavy (non-hydrogen) atoms. The summed E-state index contributed by atoms with van der Waals surface area (Å²) in [6.45, 7) is 3.81. The zero-order valence-corrected chi connectivity index (χ0v) is 12.1. The number of nitrogens with zero attached hydrogens (tertiary/aromatic N) is 5. The van der Waals surface area contributed by atoms with Gasteiger partial charge in [-0.1, -0.05) is 6.07 Å². The minimum Gasteiger partial charge on any atom is -0.307 e. The van der Waals surface area contributed by atoms with Gasteiger partial charge < -0.3 is 4.40 Å². The maximum atomic E-state index is 4.62. The second kappa shape index (κ2) is 5.09. The molecule has 0 saturated carbocycles. The van der Waals surface area contributed by atoms with Gasteiger partial charge in [-0.15, -0.1) is 0 Å². The fraction of sp³-hybridized carbons (Fsp3) is 0.333. The molecule has 0 N–H and O–H groups in total. The van der Waals surface area contributed by atoms with Crippen molar-refractivity contribution in [1.82, 2.24) is 24.1 Å². The van der Waals surface area contributed by atoms with Gasteiger partial charge in [-0.3, -0.25) is 9.58 Å². The van der Waals surface area contributed by atoms with Gasteiger partial charge in [0.1, 0.15) is 5.65 Å². The van der Waals surface area contributed by atoms with E-state index in [1.54, 1.807) is 0 Å². The molecule has 0 atom stereocenters. The van der Waals surface area contributed by atoms with E-state index >= 15 is 0 Å². The molecule has 0 aliphatic heterocycles. The quantitative estimate of drug-likeness (QED) is 0.727. The normalized spacial score (nSPS) is 11.6.